The summed E-state index contributed by atoms with van der Waals surface area (Å²) in [5, 5.41) is 20.7. The third-order valence-corrected chi connectivity index (χ3v) is 4.52. The van der Waals surface area contributed by atoms with Crippen molar-refractivity contribution in [2.45, 2.75) is 26.7 Å². The van der Waals surface area contributed by atoms with E-state index in [1.807, 2.05) is 32.1 Å². The molecule has 5 nitrogen and oxygen atoms in total. The molecule has 2 aromatic carbocycles. The van der Waals surface area contributed by atoms with Gasteiger partial charge in [0.2, 0.25) is 0 Å². The Kier molecular flexibility index (Phi) is 4.71. The quantitative estimate of drug-likeness (QED) is 0.493. The minimum absolute atomic E-state index is 0.00982. The molecule has 0 atom stereocenters. The highest BCUT2D eigenvalue weighted by Crippen LogP contribution is 2.31. The lowest BCUT2D eigenvalue weighted by atomic mass is 10.0. The van der Waals surface area contributed by atoms with Crippen LogP contribution in [0.4, 0.5) is 5.69 Å². The predicted molar refractivity (Wildman–Crippen MR) is 101 cm³/mol. The number of phenols is 1. The van der Waals surface area contributed by atoms with Gasteiger partial charge in [-0.25, -0.2) is 0 Å². The molecule has 0 aliphatic heterocycles. The number of non-ortho nitro benzene ring substituents is 1. The Morgan fingerprint density at radius 3 is 2.15 bits per heavy atom. The number of allylic oxidation sites excluding steroid dienone is 2. The highest BCUT2D eigenvalue weighted by atomic mass is 16.6. The van der Waals surface area contributed by atoms with Gasteiger partial charge < -0.3 is 5.11 Å². The van der Waals surface area contributed by atoms with E-state index in [1.54, 1.807) is 18.2 Å². The number of nitro benzene ring substituents is 1. The van der Waals surface area contributed by atoms with Crippen LogP contribution in [0.2, 0.25) is 0 Å². The third kappa shape index (κ3) is 3.57. The number of carbonyl (C=O) groups excluding carboxylic acids is 1. The van der Waals surface area contributed by atoms with Crippen molar-refractivity contribution in [3.63, 3.8) is 0 Å². The van der Waals surface area contributed by atoms with Crippen molar-refractivity contribution in [3.8, 4) is 5.75 Å². The molecule has 0 amide bonds. The van der Waals surface area contributed by atoms with Crippen molar-refractivity contribution in [2.75, 3.05) is 0 Å². The number of rotatable bonds is 3. The number of ketones is 1. The highest BCUT2D eigenvalue weighted by molar-refractivity contribution is 6.15. The Balaban J connectivity index is 1.88. The molecule has 0 spiro atoms. The van der Waals surface area contributed by atoms with Crippen molar-refractivity contribution in [3.05, 3.63) is 79.9 Å². The van der Waals surface area contributed by atoms with Gasteiger partial charge in [0, 0.05) is 23.3 Å². The number of hydrogen-bond acceptors (Lipinski definition) is 4. The van der Waals surface area contributed by atoms with Crippen LogP contribution in [0.5, 0.6) is 5.75 Å². The number of aromatic hydroxyl groups is 1. The first kappa shape index (κ1) is 17.6. The maximum Gasteiger partial charge on any atom is 0.270 e. The van der Waals surface area contributed by atoms with Gasteiger partial charge in [0.1, 0.15) is 5.75 Å². The first-order valence-electron chi connectivity index (χ1n) is 8.35. The van der Waals surface area contributed by atoms with Crippen molar-refractivity contribution < 1.29 is 14.8 Å². The largest absolute Gasteiger partial charge is 0.507 e. The van der Waals surface area contributed by atoms with Gasteiger partial charge in [-0.1, -0.05) is 12.1 Å². The maximum absolute atomic E-state index is 12.6. The minimum Gasteiger partial charge on any atom is -0.507 e. The van der Waals surface area contributed by atoms with E-state index < -0.39 is 4.92 Å². The molecule has 0 radical (unpaired) electrons. The lowest BCUT2D eigenvalue weighted by Crippen LogP contribution is -1.96. The summed E-state index contributed by atoms with van der Waals surface area (Å²) in [6.45, 7) is 3.66. The summed E-state index contributed by atoms with van der Waals surface area (Å²) in [6, 6.07) is 9.97. The van der Waals surface area contributed by atoms with E-state index in [2.05, 4.69) is 0 Å². The van der Waals surface area contributed by atoms with Crippen molar-refractivity contribution in [2.24, 2.45) is 0 Å². The molecule has 26 heavy (non-hydrogen) atoms. The van der Waals surface area contributed by atoms with Gasteiger partial charge in [0.25, 0.3) is 5.69 Å². The SMILES string of the molecule is Cc1cc(/C=C2\CC/C(=C/c3cccc([N+](=O)[O-])c3)C2=O)cc(C)c1O. The molecule has 1 aliphatic rings. The average Bonchev–Trinajstić information content (AvgIpc) is 2.93. The van der Waals surface area contributed by atoms with Crippen LogP contribution in [0.1, 0.15) is 35.1 Å². The molecular formula is C21H19NO4. The second-order valence-electron chi connectivity index (χ2n) is 6.52. The monoisotopic (exact) mass is 349 g/mol. The molecule has 0 bridgehead atoms. The number of aryl methyl sites for hydroxylation is 2. The standard InChI is InChI=1S/C21H19NO4/c1-13-8-16(9-14(2)20(13)23)11-18-7-6-17(21(18)24)10-15-4-3-5-19(12-15)22(25)26/h3-5,8-12,23H,6-7H2,1-2H3/b17-10-,18-11+. The Morgan fingerprint density at radius 2 is 1.58 bits per heavy atom. The molecule has 132 valence electrons. The zero-order chi connectivity index (χ0) is 18.8. The van der Waals surface area contributed by atoms with Gasteiger partial charge in [-0.05, 0) is 73.2 Å². The van der Waals surface area contributed by atoms with Gasteiger partial charge in [-0.15, -0.1) is 0 Å². The Morgan fingerprint density at radius 1 is 1.00 bits per heavy atom. The van der Waals surface area contributed by atoms with Crippen molar-refractivity contribution in [1.29, 1.82) is 0 Å². The molecular weight excluding hydrogens is 330 g/mol. The Bertz CT molecular complexity index is 947. The molecule has 3 rings (SSSR count). The molecule has 2 aromatic rings. The van der Waals surface area contributed by atoms with Gasteiger partial charge in [-0.2, -0.15) is 0 Å². The zero-order valence-corrected chi connectivity index (χ0v) is 14.7. The zero-order valence-electron chi connectivity index (χ0n) is 14.7. The number of Topliss-reactive ketones (excluding diaryl/α,β-unsaturated/α-hetero) is 1. The molecule has 0 aromatic heterocycles. The van der Waals surface area contributed by atoms with E-state index in [9.17, 15) is 20.0 Å². The number of nitrogens with zero attached hydrogens (tertiary/aromatic N) is 1. The van der Waals surface area contributed by atoms with E-state index in [0.29, 0.717) is 29.6 Å². The van der Waals surface area contributed by atoms with Crippen LogP contribution in [0.15, 0.2) is 47.5 Å². The van der Waals surface area contributed by atoms with Gasteiger partial charge in [-0.3, -0.25) is 14.9 Å². The maximum atomic E-state index is 12.6. The molecule has 5 heteroatoms. The second-order valence-corrected chi connectivity index (χ2v) is 6.52. The molecule has 0 unspecified atom stereocenters. The number of hydrogen-bond donors (Lipinski definition) is 1. The van der Waals surface area contributed by atoms with Crippen LogP contribution in [0, 0.1) is 24.0 Å². The van der Waals surface area contributed by atoms with E-state index in [4.69, 9.17) is 0 Å². The Labute approximate surface area is 151 Å². The van der Waals surface area contributed by atoms with Crippen molar-refractivity contribution in [1.82, 2.24) is 0 Å². The lowest BCUT2D eigenvalue weighted by Gasteiger charge is -2.05. The Hall–Kier alpha value is -3.21. The van der Waals surface area contributed by atoms with Gasteiger partial charge in [0.05, 0.1) is 4.92 Å². The van der Waals surface area contributed by atoms with Gasteiger partial charge >= 0.3 is 0 Å². The first-order chi connectivity index (χ1) is 12.3. The van der Waals surface area contributed by atoms with Crippen molar-refractivity contribution >= 4 is 23.6 Å². The minimum atomic E-state index is -0.445. The van der Waals surface area contributed by atoms with E-state index in [-0.39, 0.29) is 17.2 Å². The summed E-state index contributed by atoms with van der Waals surface area (Å²) in [5.41, 5.74) is 4.47. The summed E-state index contributed by atoms with van der Waals surface area (Å²) in [4.78, 5) is 23.1. The number of nitro groups is 1. The van der Waals surface area contributed by atoms with E-state index >= 15 is 0 Å². The fraction of sp³-hybridized carbons (Fsp3) is 0.190. The van der Waals surface area contributed by atoms with Gasteiger partial charge in [0.15, 0.2) is 5.78 Å². The summed E-state index contributed by atoms with van der Waals surface area (Å²) in [7, 11) is 0. The number of benzene rings is 2. The number of phenolic OH excluding ortho intramolecular Hbond substituents is 1. The van der Waals surface area contributed by atoms with Crippen LogP contribution >= 0.6 is 0 Å². The van der Waals surface area contributed by atoms with Crippen LogP contribution in [-0.4, -0.2) is 15.8 Å². The fourth-order valence-electron chi connectivity index (χ4n) is 3.18. The molecule has 1 saturated carbocycles. The van der Waals surface area contributed by atoms with Crippen LogP contribution in [0.3, 0.4) is 0 Å². The fourth-order valence-corrected chi connectivity index (χ4v) is 3.18. The first-order valence-corrected chi connectivity index (χ1v) is 8.35. The predicted octanol–water partition coefficient (Wildman–Crippen LogP) is 4.75. The molecule has 1 aliphatic carbocycles. The summed E-state index contributed by atoms with van der Waals surface area (Å²) in [6.07, 6.45) is 4.83. The molecule has 1 N–H and O–H groups in total. The second kappa shape index (κ2) is 6.96. The lowest BCUT2D eigenvalue weighted by molar-refractivity contribution is -0.384. The van der Waals surface area contributed by atoms with Crippen LogP contribution in [0.25, 0.3) is 12.2 Å². The topological polar surface area (TPSA) is 80.4 Å². The highest BCUT2D eigenvalue weighted by Gasteiger charge is 2.23. The number of carbonyl (C=O) groups is 1. The normalized spacial score (nSPS) is 17.2. The molecule has 0 saturated heterocycles. The van der Waals surface area contributed by atoms with E-state index in [1.165, 1.54) is 12.1 Å². The average molecular weight is 349 g/mol. The smallest absolute Gasteiger partial charge is 0.270 e. The summed E-state index contributed by atoms with van der Waals surface area (Å²) >= 11 is 0. The summed E-state index contributed by atoms with van der Waals surface area (Å²) < 4.78 is 0. The van der Waals surface area contributed by atoms with Crippen LogP contribution < -0.4 is 0 Å². The summed E-state index contributed by atoms with van der Waals surface area (Å²) in [5.74, 6) is 0.246. The molecule has 1 fully saturated rings. The van der Waals surface area contributed by atoms with Crippen LogP contribution in [-0.2, 0) is 4.79 Å². The third-order valence-electron chi connectivity index (χ3n) is 4.52. The van der Waals surface area contributed by atoms with E-state index in [0.717, 1.165) is 16.7 Å². The molecule has 0 heterocycles.